The molecule has 5 radical (unpaired) electrons. The van der Waals surface area contributed by atoms with Gasteiger partial charge in [-0.15, -0.1) is 0 Å². The van der Waals surface area contributed by atoms with E-state index >= 15 is 0 Å². The summed E-state index contributed by atoms with van der Waals surface area (Å²) in [5.41, 5.74) is 0. The van der Waals surface area contributed by atoms with Crippen LogP contribution in [0.15, 0.2) is 0 Å². The van der Waals surface area contributed by atoms with Gasteiger partial charge in [-0.05, 0) is 0 Å². The molecular weight excluding hydrogens is 184 g/mol. The first kappa shape index (κ1) is 48.4. The zero-order valence-corrected chi connectivity index (χ0v) is 4.93. The van der Waals surface area contributed by atoms with Crippen LogP contribution in [-0.2, 0) is 51.5 Å². The van der Waals surface area contributed by atoms with Crippen LogP contribution in [0.5, 0.6) is 0 Å². The molecule has 0 heterocycles. The average molecular weight is 184 g/mol. The Kier molecular flexibility index (Phi) is 292. The van der Waals surface area contributed by atoms with Gasteiger partial charge in [-0.2, -0.15) is 0 Å². The van der Waals surface area contributed by atoms with E-state index in [0.29, 0.717) is 0 Å². The van der Waals surface area contributed by atoms with E-state index in [0.717, 1.165) is 0 Å². The molecule has 0 N–H and O–H groups in total. The van der Waals surface area contributed by atoms with Gasteiger partial charge in [0.2, 0.25) is 0 Å². The van der Waals surface area contributed by atoms with Crippen LogP contribution in [0.3, 0.4) is 0 Å². The smallest absolute Gasteiger partial charge is 0 e. The molecule has 0 spiro atoms. The zero-order chi connectivity index (χ0) is 0. The summed E-state index contributed by atoms with van der Waals surface area (Å²) in [4.78, 5) is 0. The molecule has 0 atom stereocenters. The summed E-state index contributed by atoms with van der Waals surface area (Å²) in [6, 6.07) is 0. The molecule has 0 unspecified atom stereocenters. The first-order valence-electron chi connectivity index (χ1n) is 0. The predicted molar refractivity (Wildman–Crippen MR) is 2.13 cm³/mol. The van der Waals surface area contributed by atoms with Crippen molar-refractivity contribution in [2.45, 2.75) is 0 Å². The fourth-order valence-corrected chi connectivity index (χ4v) is 0. The van der Waals surface area contributed by atoms with E-state index in [-0.39, 0.29) is 57.6 Å². The largest absolute Gasteiger partial charge is 0 e. The Balaban J connectivity index is 0. The van der Waals surface area contributed by atoms with E-state index in [2.05, 4.69) is 0 Å². The molecule has 0 saturated carbocycles. The zero-order valence-electron chi connectivity index (χ0n) is 1.53. The normalized spacial score (nSPS) is 0. The number of rotatable bonds is 0. The van der Waals surface area contributed by atoms with Crippen molar-refractivity contribution >= 4 is 0 Å². The first-order chi connectivity index (χ1) is 0. The molecule has 0 aromatic heterocycles. The van der Waals surface area contributed by atoms with Crippen LogP contribution in [0, 0.1) is 0 Å². The predicted octanol–water partition coefficient (Wildman–Crippen LogP) is -0.488. The van der Waals surface area contributed by atoms with E-state index in [1.54, 1.807) is 0 Å². The summed E-state index contributed by atoms with van der Waals surface area (Å²) in [7, 11) is 0. The Morgan fingerprint density at radius 1 is 1.00 bits per heavy atom. The van der Waals surface area contributed by atoms with Crippen molar-refractivity contribution in [1.29, 1.82) is 0 Å². The van der Waals surface area contributed by atoms with Crippen LogP contribution in [0.1, 0.15) is 0 Å². The standard InChI is InChI=1S/Cr.Cu.Mn.N. The van der Waals surface area contributed by atoms with Crippen molar-refractivity contribution in [3.8, 4) is 0 Å². The van der Waals surface area contributed by atoms with E-state index in [1.807, 2.05) is 0 Å². The van der Waals surface area contributed by atoms with Crippen molar-refractivity contribution < 1.29 is 51.5 Å². The minimum atomic E-state index is 0. The molecule has 1 nitrogen and oxygen atoms in total. The molecule has 0 aliphatic carbocycles. The topological polar surface area (TPSA) is 30.5 Å². The van der Waals surface area contributed by atoms with Gasteiger partial charge in [-0.3, -0.25) is 0 Å². The summed E-state index contributed by atoms with van der Waals surface area (Å²) in [6.45, 7) is 0. The second-order valence-electron chi connectivity index (χ2n) is 0. The molecule has 0 saturated heterocycles. The minimum Gasteiger partial charge on any atom is 0 e. The Morgan fingerprint density at radius 3 is 1.00 bits per heavy atom. The summed E-state index contributed by atoms with van der Waals surface area (Å²) in [5.74, 6) is 0. The average Bonchev–Trinajstić information content (AvgIpc) is 0. The second-order valence-corrected chi connectivity index (χ2v) is 0. The van der Waals surface area contributed by atoms with Crippen LogP contribution in [0.2, 0.25) is 0 Å². The molecule has 0 bridgehead atoms. The third-order valence-electron chi connectivity index (χ3n) is 0. The molecule has 0 rings (SSSR count). The first-order valence-corrected chi connectivity index (χ1v) is 0. The van der Waals surface area contributed by atoms with Crippen LogP contribution in [-0.4, -0.2) is 0 Å². The van der Waals surface area contributed by atoms with Crippen LogP contribution >= 0.6 is 0 Å². The van der Waals surface area contributed by atoms with Crippen molar-refractivity contribution in [2.75, 3.05) is 0 Å². The van der Waals surface area contributed by atoms with Crippen LogP contribution in [0.4, 0.5) is 0 Å². The second kappa shape index (κ2) is 24.1. The maximum Gasteiger partial charge on any atom is 0 e. The van der Waals surface area contributed by atoms with Crippen LogP contribution < -0.4 is 6.15 Å². The SMILES string of the molecule is [Cr].[Cu].[Mn].[N]. The molecule has 4 heteroatoms. The maximum absolute atomic E-state index is 0. The van der Waals surface area contributed by atoms with Crippen molar-refractivity contribution in [1.82, 2.24) is 6.15 Å². The summed E-state index contributed by atoms with van der Waals surface area (Å²) < 4.78 is 0. The van der Waals surface area contributed by atoms with Gasteiger partial charge in [0.05, 0.1) is 0 Å². The number of nitrogens with zero attached hydrogens (tertiary/aromatic N) is 1. The van der Waals surface area contributed by atoms with Gasteiger partial charge in [-0.25, -0.2) is 0 Å². The third kappa shape index (κ3) is 9.65. The van der Waals surface area contributed by atoms with Crippen LogP contribution in [0.25, 0.3) is 0 Å². The molecule has 0 aliphatic heterocycles. The van der Waals surface area contributed by atoms with E-state index in [9.17, 15) is 0 Å². The Bertz CT molecular complexity index is 8.00. The van der Waals surface area contributed by atoms with E-state index < -0.39 is 0 Å². The molecule has 0 fully saturated rings. The molecule has 0 aliphatic rings. The molecular formula is CrCuMnN. The summed E-state index contributed by atoms with van der Waals surface area (Å²) in [6.07, 6.45) is 0. The number of hydrogen-bond donors (Lipinski definition) is 0. The monoisotopic (exact) mass is 184 g/mol. The molecule has 4 heavy (non-hydrogen) atoms. The molecule has 0 aromatic rings. The fourth-order valence-electron chi connectivity index (χ4n) is 0. The summed E-state index contributed by atoms with van der Waals surface area (Å²) >= 11 is 0. The van der Waals surface area contributed by atoms with Crippen molar-refractivity contribution in [3.63, 3.8) is 0 Å². The van der Waals surface area contributed by atoms with Crippen molar-refractivity contribution in [3.05, 3.63) is 0 Å². The maximum atomic E-state index is 0. The van der Waals surface area contributed by atoms with E-state index in [4.69, 9.17) is 0 Å². The van der Waals surface area contributed by atoms with Gasteiger partial charge in [-0.1, -0.05) is 0 Å². The molecule has 0 amide bonds. The minimum absolute atomic E-state index is 0. The Labute approximate surface area is 57.6 Å². The molecule has 0 aromatic carbocycles. The fraction of sp³-hybridized carbons (Fsp3) is 0. The summed E-state index contributed by atoms with van der Waals surface area (Å²) in [5, 5.41) is 0. The van der Waals surface area contributed by atoms with Crippen molar-refractivity contribution in [2.24, 2.45) is 0 Å². The van der Waals surface area contributed by atoms with Gasteiger partial charge in [0.1, 0.15) is 0 Å². The van der Waals surface area contributed by atoms with Gasteiger partial charge < -0.3 is 0 Å². The van der Waals surface area contributed by atoms with Gasteiger partial charge in [0.25, 0.3) is 0 Å². The molecule has 29 valence electrons. The number of hydrogen-bond acceptors (Lipinski definition) is 0. The van der Waals surface area contributed by atoms with Gasteiger partial charge in [0, 0.05) is 57.6 Å². The van der Waals surface area contributed by atoms with E-state index in [1.165, 1.54) is 0 Å². The van der Waals surface area contributed by atoms with Gasteiger partial charge in [0.15, 0.2) is 0 Å². The Hall–Kier alpha value is 1.53. The Morgan fingerprint density at radius 2 is 1.00 bits per heavy atom. The van der Waals surface area contributed by atoms with Gasteiger partial charge >= 0.3 is 0 Å². The third-order valence-corrected chi connectivity index (χ3v) is 0. The quantitative estimate of drug-likeness (QED) is 0.455.